The van der Waals surface area contributed by atoms with Gasteiger partial charge in [0.25, 0.3) is 12.0 Å². The van der Waals surface area contributed by atoms with Gasteiger partial charge in [0.2, 0.25) is 0 Å². The Hall–Kier alpha value is -0.620. The van der Waals surface area contributed by atoms with Crippen molar-refractivity contribution in [1.29, 1.82) is 0 Å². The molecule has 0 amide bonds. The molecule has 1 saturated carbocycles. The van der Waals surface area contributed by atoms with Crippen LogP contribution in [0.25, 0.3) is 0 Å². The molecule has 0 aromatic heterocycles. The minimum Gasteiger partial charge on any atom is -0.396 e. The topological polar surface area (TPSA) is 23.5 Å². The van der Waals surface area contributed by atoms with Crippen LogP contribution in [0.4, 0.5) is 17.6 Å². The van der Waals surface area contributed by atoms with Gasteiger partial charge in [-0.15, -0.1) is 0 Å². The molecule has 2 nitrogen and oxygen atoms in total. The standard InChI is InChI=1S/C11H15F4NO/c12-9(13)8-1-3-16(4-2-8)6-10(7-17)5-11(10,14)15/h17H,1-7H2/t10-/m1/s1. The van der Waals surface area contributed by atoms with E-state index in [2.05, 4.69) is 0 Å². The minimum atomic E-state index is -2.80. The number of rotatable bonds is 3. The van der Waals surface area contributed by atoms with Crippen molar-refractivity contribution in [3.8, 4) is 0 Å². The van der Waals surface area contributed by atoms with Gasteiger partial charge in [-0.3, -0.25) is 0 Å². The van der Waals surface area contributed by atoms with E-state index in [-0.39, 0.29) is 31.4 Å². The van der Waals surface area contributed by atoms with Gasteiger partial charge in [-0.2, -0.15) is 8.78 Å². The molecule has 0 radical (unpaired) electrons. The molecule has 0 aromatic rings. The van der Waals surface area contributed by atoms with Gasteiger partial charge in [0.05, 0.1) is 12.0 Å². The van der Waals surface area contributed by atoms with Crippen LogP contribution in [0.3, 0.4) is 0 Å². The van der Waals surface area contributed by atoms with Crippen LogP contribution in [0.5, 0.6) is 0 Å². The van der Waals surface area contributed by atoms with E-state index in [9.17, 15) is 17.6 Å². The quantitative estimate of drug-likeness (QED) is 0.780. The Morgan fingerprint density at radius 1 is 1.24 bits per heavy atom. The van der Waals surface area contributed by atoms with Crippen LogP contribution in [-0.4, -0.2) is 42.2 Å². The highest BCUT2D eigenvalue weighted by atomic mass is 19.3. The molecule has 1 N–H and O–H groups in total. The van der Waals surface area contributed by atoms with E-state index in [4.69, 9.17) is 5.11 Å². The molecule has 1 saturated heterocycles. The van der Waals surface area contributed by atoms with Gasteiger partial charge < -0.3 is 10.0 Å². The fourth-order valence-electron chi connectivity index (χ4n) is 2.37. The molecule has 1 aliphatic carbocycles. The summed E-state index contributed by atoms with van der Waals surface area (Å²) in [5.74, 6) is -2.80. The molecule has 0 bridgehead atoms. The Morgan fingerprint density at radius 2 is 1.76 bits per heavy atom. The highest BCUT2D eigenvalue weighted by molar-refractivity contribution is 5.13. The molecule has 1 aliphatic heterocycles. The minimum absolute atomic E-state index is 0.0949. The molecule has 1 atom stereocenters. The Morgan fingerprint density at radius 3 is 2.12 bits per heavy atom. The van der Waals surface area contributed by atoms with Crippen molar-refractivity contribution in [3.63, 3.8) is 0 Å². The van der Waals surface area contributed by atoms with E-state index in [0.29, 0.717) is 13.1 Å². The van der Waals surface area contributed by atoms with Gasteiger partial charge in [0.1, 0.15) is 0 Å². The number of aliphatic hydroxyl groups is 1. The van der Waals surface area contributed by atoms with Gasteiger partial charge in [-0.25, -0.2) is 8.78 Å². The van der Waals surface area contributed by atoms with Crippen molar-refractivity contribution in [2.75, 3.05) is 26.2 Å². The molecular formula is C11H15F4NO. The Kier molecular flexibility index (Phi) is 3.20. The summed E-state index contributed by atoms with van der Waals surface area (Å²) in [4.78, 5) is 1.74. The smallest absolute Gasteiger partial charge is 0.269 e. The third-order valence-electron chi connectivity index (χ3n) is 3.77. The maximum Gasteiger partial charge on any atom is 0.269 e. The van der Waals surface area contributed by atoms with Gasteiger partial charge in [0, 0.05) is 26.1 Å². The second-order valence-electron chi connectivity index (χ2n) is 4.96. The summed E-state index contributed by atoms with van der Waals surface area (Å²) in [7, 11) is 0. The van der Waals surface area contributed by atoms with Gasteiger partial charge >= 0.3 is 0 Å². The molecule has 0 spiro atoms. The maximum atomic E-state index is 13.1. The first-order valence-electron chi connectivity index (χ1n) is 5.64. The number of piperidine rings is 1. The van der Waals surface area contributed by atoms with Gasteiger partial charge in [-0.05, 0) is 18.4 Å². The zero-order chi connectivity index (χ0) is 12.7. The molecule has 2 fully saturated rings. The summed E-state index contributed by atoms with van der Waals surface area (Å²) in [6.45, 7) is 0.281. The number of nitrogens with zero attached hydrogens (tertiary/aromatic N) is 1. The third-order valence-corrected chi connectivity index (χ3v) is 3.77. The number of aliphatic hydroxyl groups excluding tert-OH is 1. The summed E-state index contributed by atoms with van der Waals surface area (Å²) < 4.78 is 50.8. The largest absolute Gasteiger partial charge is 0.396 e. The zero-order valence-electron chi connectivity index (χ0n) is 9.36. The second kappa shape index (κ2) is 4.24. The Bertz CT molecular complexity index is 330. The van der Waals surface area contributed by atoms with Crippen molar-refractivity contribution < 1.29 is 22.7 Å². The van der Waals surface area contributed by atoms with Crippen LogP contribution in [-0.2, 0) is 0 Å². The van der Waals surface area contributed by atoms with E-state index in [1.807, 2.05) is 0 Å². The lowest BCUT2D eigenvalue weighted by Gasteiger charge is -2.30. The number of likely N-dealkylation sites (tertiary alicyclic amines) is 1. The van der Waals surface area contributed by atoms with E-state index in [1.54, 1.807) is 4.90 Å². The molecule has 0 unspecified atom stereocenters. The van der Waals surface area contributed by atoms with Crippen LogP contribution in [0.2, 0.25) is 0 Å². The van der Waals surface area contributed by atoms with Crippen molar-refractivity contribution >= 4 is 0 Å². The monoisotopic (exact) mass is 253 g/mol. The first-order valence-corrected chi connectivity index (χ1v) is 5.64. The molecule has 2 rings (SSSR count). The van der Waals surface area contributed by atoms with Crippen molar-refractivity contribution in [1.82, 2.24) is 4.90 Å². The average Bonchev–Trinajstić information content (AvgIpc) is 2.82. The SMILES string of the molecule is OC[C@]1(CN2CCC(=C(F)F)CC2)CC1(F)F. The predicted octanol–water partition coefficient (Wildman–Crippen LogP) is 2.25. The average molecular weight is 253 g/mol. The lowest BCUT2D eigenvalue weighted by Crippen LogP contribution is -2.39. The lowest BCUT2D eigenvalue weighted by atomic mass is 10.0. The van der Waals surface area contributed by atoms with Crippen LogP contribution in [0, 0.1) is 5.41 Å². The highest BCUT2D eigenvalue weighted by Gasteiger charge is 2.70. The van der Waals surface area contributed by atoms with Crippen molar-refractivity contribution in [3.05, 3.63) is 11.7 Å². The van der Waals surface area contributed by atoms with Crippen molar-refractivity contribution in [2.24, 2.45) is 5.41 Å². The summed E-state index contributed by atoms with van der Waals surface area (Å²) >= 11 is 0. The normalized spacial score (nSPS) is 32.6. The van der Waals surface area contributed by atoms with E-state index in [1.165, 1.54) is 0 Å². The first-order chi connectivity index (χ1) is 7.90. The van der Waals surface area contributed by atoms with Gasteiger partial charge in [0.15, 0.2) is 0 Å². The van der Waals surface area contributed by atoms with E-state index < -0.39 is 24.0 Å². The van der Waals surface area contributed by atoms with Crippen LogP contribution in [0.1, 0.15) is 19.3 Å². The van der Waals surface area contributed by atoms with E-state index >= 15 is 0 Å². The third kappa shape index (κ3) is 2.33. The van der Waals surface area contributed by atoms with Crippen LogP contribution >= 0.6 is 0 Å². The predicted molar refractivity (Wildman–Crippen MR) is 54.0 cm³/mol. The molecular weight excluding hydrogens is 238 g/mol. The summed E-state index contributed by atoms with van der Waals surface area (Å²) in [5, 5.41) is 9.03. The summed E-state index contributed by atoms with van der Waals surface area (Å²) in [6, 6.07) is 0. The zero-order valence-corrected chi connectivity index (χ0v) is 9.36. The van der Waals surface area contributed by atoms with E-state index in [0.717, 1.165) is 0 Å². The Labute approximate surface area is 96.9 Å². The highest BCUT2D eigenvalue weighted by Crippen LogP contribution is 2.60. The molecule has 0 aromatic carbocycles. The second-order valence-corrected chi connectivity index (χ2v) is 4.96. The maximum absolute atomic E-state index is 13.1. The molecule has 6 heteroatoms. The first kappa shape index (κ1) is 12.8. The molecule has 17 heavy (non-hydrogen) atoms. The Balaban J connectivity index is 1.89. The number of hydrogen-bond acceptors (Lipinski definition) is 2. The van der Waals surface area contributed by atoms with Crippen LogP contribution < -0.4 is 0 Å². The summed E-state index contributed by atoms with van der Waals surface area (Å²) in [5.41, 5.74) is -1.20. The molecule has 2 aliphatic rings. The summed E-state index contributed by atoms with van der Waals surface area (Å²) in [6.07, 6.45) is -1.48. The lowest BCUT2D eigenvalue weighted by molar-refractivity contribution is 0.0169. The van der Waals surface area contributed by atoms with Crippen molar-refractivity contribution in [2.45, 2.75) is 25.2 Å². The van der Waals surface area contributed by atoms with Gasteiger partial charge in [-0.1, -0.05) is 0 Å². The number of hydrogen-bond donors (Lipinski definition) is 1. The molecule has 1 heterocycles. The molecule has 98 valence electrons. The van der Waals surface area contributed by atoms with Crippen LogP contribution in [0.15, 0.2) is 11.7 Å². The number of halogens is 4. The fraction of sp³-hybridized carbons (Fsp3) is 0.818. The number of alkyl halides is 2. The fourth-order valence-corrected chi connectivity index (χ4v) is 2.37.